The number of hydrogen-bond donors (Lipinski definition) is 2. The molecule has 0 fully saturated rings. The molecule has 0 saturated heterocycles. The maximum atomic E-state index is 13.6. The van der Waals surface area contributed by atoms with Crippen LogP contribution in [0, 0.1) is 18.6 Å². The molecule has 19 heavy (non-hydrogen) atoms. The van der Waals surface area contributed by atoms with Gasteiger partial charge < -0.3 is 0 Å². The SMILES string of the molecule is Cc1ccc(C(Cc2ccc(F)cc2F)NN)cc1. The predicted octanol–water partition coefficient (Wildman–Crippen LogP) is 3.02. The first kappa shape index (κ1) is 13.6. The summed E-state index contributed by atoms with van der Waals surface area (Å²) in [6, 6.07) is 11.2. The van der Waals surface area contributed by atoms with E-state index in [0.29, 0.717) is 12.0 Å². The molecule has 0 aliphatic carbocycles. The molecule has 2 nitrogen and oxygen atoms in total. The smallest absolute Gasteiger partial charge is 0.129 e. The summed E-state index contributed by atoms with van der Waals surface area (Å²) in [5.41, 5.74) is 5.22. The topological polar surface area (TPSA) is 38.0 Å². The Bertz CT molecular complexity index is 553. The minimum absolute atomic E-state index is 0.208. The van der Waals surface area contributed by atoms with Crippen LogP contribution >= 0.6 is 0 Å². The third kappa shape index (κ3) is 3.36. The van der Waals surface area contributed by atoms with E-state index in [-0.39, 0.29) is 6.04 Å². The number of benzene rings is 2. The molecule has 1 unspecified atom stereocenters. The third-order valence-corrected chi connectivity index (χ3v) is 3.12. The average Bonchev–Trinajstić information content (AvgIpc) is 2.39. The van der Waals surface area contributed by atoms with Gasteiger partial charge in [0.25, 0.3) is 0 Å². The maximum Gasteiger partial charge on any atom is 0.129 e. The van der Waals surface area contributed by atoms with Gasteiger partial charge in [0.15, 0.2) is 0 Å². The molecular weight excluding hydrogens is 246 g/mol. The molecule has 3 N–H and O–H groups in total. The summed E-state index contributed by atoms with van der Waals surface area (Å²) in [4.78, 5) is 0. The van der Waals surface area contributed by atoms with E-state index in [0.717, 1.165) is 17.2 Å². The molecular formula is C15H16F2N2. The average molecular weight is 262 g/mol. The normalized spacial score (nSPS) is 12.4. The molecule has 2 aromatic rings. The second-order valence-electron chi connectivity index (χ2n) is 4.57. The van der Waals surface area contributed by atoms with Crippen molar-refractivity contribution in [1.29, 1.82) is 0 Å². The monoisotopic (exact) mass is 262 g/mol. The van der Waals surface area contributed by atoms with Gasteiger partial charge in [-0.25, -0.2) is 8.78 Å². The highest BCUT2D eigenvalue weighted by Gasteiger charge is 2.13. The Morgan fingerprint density at radius 1 is 1.11 bits per heavy atom. The number of hydrogen-bond acceptors (Lipinski definition) is 2. The molecule has 0 saturated carbocycles. The summed E-state index contributed by atoms with van der Waals surface area (Å²) in [5.74, 6) is 4.40. The molecule has 0 aliphatic rings. The highest BCUT2D eigenvalue weighted by Crippen LogP contribution is 2.20. The van der Waals surface area contributed by atoms with Gasteiger partial charge in [0.1, 0.15) is 11.6 Å². The number of rotatable bonds is 4. The van der Waals surface area contributed by atoms with E-state index < -0.39 is 11.6 Å². The molecule has 0 aromatic heterocycles. The lowest BCUT2D eigenvalue weighted by molar-refractivity contribution is 0.522. The van der Waals surface area contributed by atoms with Gasteiger partial charge in [-0.2, -0.15) is 0 Å². The molecule has 2 aromatic carbocycles. The lowest BCUT2D eigenvalue weighted by Gasteiger charge is -2.17. The third-order valence-electron chi connectivity index (χ3n) is 3.12. The minimum Gasteiger partial charge on any atom is -0.271 e. The van der Waals surface area contributed by atoms with Crippen LogP contribution < -0.4 is 11.3 Å². The fourth-order valence-electron chi connectivity index (χ4n) is 1.98. The number of aryl methyl sites for hydroxylation is 1. The second kappa shape index (κ2) is 5.91. The van der Waals surface area contributed by atoms with Crippen molar-refractivity contribution in [3.05, 3.63) is 70.8 Å². The maximum absolute atomic E-state index is 13.6. The van der Waals surface area contributed by atoms with Gasteiger partial charge in [-0.05, 0) is 30.5 Å². The van der Waals surface area contributed by atoms with Crippen molar-refractivity contribution in [2.45, 2.75) is 19.4 Å². The van der Waals surface area contributed by atoms with Crippen LogP contribution in [0.4, 0.5) is 8.78 Å². The van der Waals surface area contributed by atoms with E-state index in [4.69, 9.17) is 5.84 Å². The van der Waals surface area contributed by atoms with Crippen molar-refractivity contribution in [1.82, 2.24) is 5.43 Å². The zero-order valence-electron chi connectivity index (χ0n) is 10.7. The minimum atomic E-state index is -0.575. The van der Waals surface area contributed by atoms with E-state index in [2.05, 4.69) is 5.43 Å². The van der Waals surface area contributed by atoms with E-state index >= 15 is 0 Å². The standard InChI is InChI=1S/C15H16F2N2/c1-10-2-4-11(5-3-10)15(19-18)8-12-6-7-13(16)9-14(12)17/h2-7,9,15,19H,8,18H2,1H3. The van der Waals surface area contributed by atoms with Gasteiger partial charge in [0.05, 0.1) is 6.04 Å². The van der Waals surface area contributed by atoms with E-state index in [9.17, 15) is 8.78 Å². The summed E-state index contributed by atoms with van der Waals surface area (Å²) in [5, 5.41) is 0. The van der Waals surface area contributed by atoms with Crippen LogP contribution in [-0.4, -0.2) is 0 Å². The van der Waals surface area contributed by atoms with Crippen LogP contribution in [0.3, 0.4) is 0 Å². The first-order valence-corrected chi connectivity index (χ1v) is 6.07. The summed E-state index contributed by atoms with van der Waals surface area (Å²) in [6.07, 6.45) is 0.367. The van der Waals surface area contributed by atoms with Crippen LogP contribution in [0.5, 0.6) is 0 Å². The van der Waals surface area contributed by atoms with Crippen molar-refractivity contribution in [3.63, 3.8) is 0 Å². The molecule has 0 heterocycles. The Balaban J connectivity index is 2.21. The lowest BCUT2D eigenvalue weighted by Crippen LogP contribution is -2.29. The summed E-state index contributed by atoms with van der Waals surface area (Å²) < 4.78 is 26.5. The van der Waals surface area contributed by atoms with E-state index in [1.54, 1.807) is 0 Å². The van der Waals surface area contributed by atoms with Crippen LogP contribution in [0.2, 0.25) is 0 Å². The van der Waals surface area contributed by atoms with E-state index in [1.807, 2.05) is 31.2 Å². The van der Waals surface area contributed by atoms with Crippen LogP contribution in [0.15, 0.2) is 42.5 Å². The van der Waals surface area contributed by atoms with Crippen molar-refractivity contribution >= 4 is 0 Å². The Kier molecular flexibility index (Phi) is 4.24. The van der Waals surface area contributed by atoms with Crippen molar-refractivity contribution in [3.8, 4) is 0 Å². The number of nitrogens with two attached hydrogens (primary N) is 1. The number of halogens is 2. The quantitative estimate of drug-likeness (QED) is 0.656. The fraction of sp³-hybridized carbons (Fsp3) is 0.200. The van der Waals surface area contributed by atoms with Gasteiger partial charge in [-0.15, -0.1) is 0 Å². The molecule has 0 amide bonds. The first-order chi connectivity index (χ1) is 9.10. The molecule has 1 atom stereocenters. The van der Waals surface area contributed by atoms with Crippen LogP contribution in [-0.2, 0) is 6.42 Å². The van der Waals surface area contributed by atoms with Gasteiger partial charge in [-0.1, -0.05) is 35.9 Å². The molecule has 0 radical (unpaired) electrons. The molecule has 0 spiro atoms. The van der Waals surface area contributed by atoms with E-state index in [1.165, 1.54) is 12.1 Å². The van der Waals surface area contributed by atoms with Gasteiger partial charge in [0, 0.05) is 6.07 Å². The summed E-state index contributed by atoms with van der Waals surface area (Å²) >= 11 is 0. The first-order valence-electron chi connectivity index (χ1n) is 6.07. The molecule has 100 valence electrons. The molecule has 0 bridgehead atoms. The second-order valence-corrected chi connectivity index (χ2v) is 4.57. The summed E-state index contributed by atoms with van der Waals surface area (Å²) in [7, 11) is 0. The number of hydrazine groups is 1. The van der Waals surface area contributed by atoms with Gasteiger partial charge in [0.2, 0.25) is 0 Å². The highest BCUT2D eigenvalue weighted by atomic mass is 19.1. The van der Waals surface area contributed by atoms with Gasteiger partial charge >= 0.3 is 0 Å². The molecule has 4 heteroatoms. The Morgan fingerprint density at radius 2 is 1.79 bits per heavy atom. The zero-order chi connectivity index (χ0) is 13.8. The fourth-order valence-corrected chi connectivity index (χ4v) is 1.98. The van der Waals surface area contributed by atoms with Crippen molar-refractivity contribution in [2.24, 2.45) is 5.84 Å². The summed E-state index contributed by atoms with van der Waals surface area (Å²) in [6.45, 7) is 1.99. The van der Waals surface area contributed by atoms with Crippen molar-refractivity contribution < 1.29 is 8.78 Å². The Hall–Kier alpha value is -1.78. The Morgan fingerprint density at radius 3 is 2.37 bits per heavy atom. The van der Waals surface area contributed by atoms with Gasteiger partial charge in [-0.3, -0.25) is 11.3 Å². The Labute approximate surface area is 111 Å². The molecule has 2 rings (SSSR count). The molecule has 0 aliphatic heterocycles. The highest BCUT2D eigenvalue weighted by molar-refractivity contribution is 5.27. The lowest BCUT2D eigenvalue weighted by atomic mass is 9.98. The predicted molar refractivity (Wildman–Crippen MR) is 71.3 cm³/mol. The largest absolute Gasteiger partial charge is 0.271 e. The van der Waals surface area contributed by atoms with Crippen LogP contribution in [0.25, 0.3) is 0 Å². The van der Waals surface area contributed by atoms with Crippen LogP contribution in [0.1, 0.15) is 22.7 Å². The number of nitrogens with one attached hydrogen (secondary N) is 1. The van der Waals surface area contributed by atoms with Crippen molar-refractivity contribution in [2.75, 3.05) is 0 Å². The zero-order valence-corrected chi connectivity index (χ0v) is 10.7.